The zero-order valence-corrected chi connectivity index (χ0v) is 19.5. The molecule has 1 aromatic carbocycles. The number of nitrogens with zero attached hydrogens (tertiary/aromatic N) is 3. The molecule has 2 bridgehead atoms. The number of halogens is 3. The van der Waals surface area contributed by atoms with Crippen LogP contribution in [-0.2, 0) is 11.3 Å². The van der Waals surface area contributed by atoms with E-state index >= 15 is 0 Å². The Labute approximate surface area is 202 Å². The lowest BCUT2D eigenvalue weighted by atomic mass is 9.85. The summed E-state index contributed by atoms with van der Waals surface area (Å²) in [4.78, 5) is 30.8. The van der Waals surface area contributed by atoms with E-state index in [9.17, 15) is 27.9 Å². The summed E-state index contributed by atoms with van der Waals surface area (Å²) in [6.45, 7) is 0.800. The van der Waals surface area contributed by atoms with E-state index < -0.39 is 36.5 Å². The van der Waals surface area contributed by atoms with Gasteiger partial charge >= 0.3 is 6.18 Å². The fraction of sp³-hybridized carbons (Fsp3) is 0.538. The first kappa shape index (κ1) is 24.1. The Morgan fingerprint density at radius 2 is 1.74 bits per heavy atom. The summed E-state index contributed by atoms with van der Waals surface area (Å²) in [6, 6.07) is 11.5. The number of hydrogen-bond acceptors (Lipinski definition) is 4. The number of hydrogen-bond donors (Lipinski definition) is 1. The Hall–Kier alpha value is -2.65. The van der Waals surface area contributed by atoms with E-state index in [0.717, 1.165) is 24.8 Å². The number of rotatable bonds is 5. The van der Waals surface area contributed by atoms with Gasteiger partial charge in [-0.25, -0.2) is 0 Å². The summed E-state index contributed by atoms with van der Waals surface area (Å²) in [5.41, 5.74) is 1.61. The first-order chi connectivity index (χ1) is 16.8. The van der Waals surface area contributed by atoms with Crippen molar-refractivity contribution in [2.75, 3.05) is 26.2 Å². The van der Waals surface area contributed by atoms with E-state index in [1.807, 2.05) is 30.3 Å². The maximum absolute atomic E-state index is 13.7. The van der Waals surface area contributed by atoms with Gasteiger partial charge in [0.2, 0.25) is 5.91 Å². The van der Waals surface area contributed by atoms with Crippen molar-refractivity contribution in [3.8, 4) is 11.1 Å². The molecule has 188 valence electrons. The van der Waals surface area contributed by atoms with Gasteiger partial charge in [-0.3, -0.25) is 14.5 Å². The molecule has 1 aromatic heterocycles. The Kier molecular flexibility index (Phi) is 6.48. The molecule has 5 rings (SSSR count). The van der Waals surface area contributed by atoms with Crippen LogP contribution in [0.2, 0.25) is 0 Å². The maximum atomic E-state index is 13.7. The van der Waals surface area contributed by atoms with Crippen LogP contribution in [0.5, 0.6) is 0 Å². The largest absolute Gasteiger partial charge is 0.396 e. The number of benzene rings is 1. The minimum atomic E-state index is -4.34. The molecule has 0 unspecified atom stereocenters. The SMILES string of the molecule is O=C([C@H]1[C@H](CO)[C@H]2Cn3c(ccc(-c4ccccc4)c3=O)[C@@H]1N2CCC(F)(F)F)N1CCCCC1. The molecule has 2 aromatic rings. The highest BCUT2D eigenvalue weighted by Crippen LogP contribution is 2.49. The van der Waals surface area contributed by atoms with Crippen LogP contribution in [-0.4, -0.2) is 63.8 Å². The summed E-state index contributed by atoms with van der Waals surface area (Å²) in [6.07, 6.45) is -2.51. The maximum Gasteiger partial charge on any atom is 0.390 e. The molecule has 2 fully saturated rings. The second kappa shape index (κ2) is 9.43. The van der Waals surface area contributed by atoms with Crippen LogP contribution < -0.4 is 5.56 Å². The summed E-state index contributed by atoms with van der Waals surface area (Å²) in [5.74, 6) is -1.35. The smallest absolute Gasteiger partial charge is 0.390 e. The van der Waals surface area contributed by atoms with Gasteiger partial charge in [-0.1, -0.05) is 30.3 Å². The number of piperidine rings is 1. The van der Waals surface area contributed by atoms with E-state index in [0.29, 0.717) is 24.3 Å². The summed E-state index contributed by atoms with van der Waals surface area (Å²) in [7, 11) is 0. The van der Waals surface area contributed by atoms with Gasteiger partial charge in [0, 0.05) is 56.0 Å². The van der Waals surface area contributed by atoms with Crippen molar-refractivity contribution >= 4 is 5.91 Å². The van der Waals surface area contributed by atoms with Crippen molar-refractivity contribution in [1.82, 2.24) is 14.4 Å². The molecule has 35 heavy (non-hydrogen) atoms. The number of aliphatic hydroxyl groups is 1. The van der Waals surface area contributed by atoms with Gasteiger partial charge < -0.3 is 14.6 Å². The molecule has 1 N–H and O–H groups in total. The minimum Gasteiger partial charge on any atom is -0.396 e. The van der Waals surface area contributed by atoms with Crippen molar-refractivity contribution in [1.29, 1.82) is 0 Å². The minimum absolute atomic E-state index is 0.124. The number of carbonyl (C=O) groups is 1. The van der Waals surface area contributed by atoms with Crippen LogP contribution in [0.1, 0.15) is 37.4 Å². The van der Waals surface area contributed by atoms with Crippen molar-refractivity contribution < 1.29 is 23.1 Å². The number of amides is 1. The number of alkyl halides is 3. The number of pyridine rings is 1. The van der Waals surface area contributed by atoms with Crippen molar-refractivity contribution in [3.63, 3.8) is 0 Å². The third kappa shape index (κ3) is 4.40. The van der Waals surface area contributed by atoms with E-state index in [4.69, 9.17) is 0 Å². The lowest BCUT2D eigenvalue weighted by Gasteiger charge is -2.39. The molecule has 3 aliphatic rings. The van der Waals surface area contributed by atoms with Gasteiger partial charge in [0.25, 0.3) is 5.56 Å². The Balaban J connectivity index is 1.58. The third-order valence-electron chi connectivity index (χ3n) is 7.86. The fourth-order valence-electron chi connectivity index (χ4n) is 6.23. The normalized spacial score (nSPS) is 26.6. The van der Waals surface area contributed by atoms with Crippen molar-refractivity contribution in [2.24, 2.45) is 11.8 Å². The van der Waals surface area contributed by atoms with Crippen LogP contribution in [0.15, 0.2) is 47.3 Å². The first-order valence-corrected chi connectivity index (χ1v) is 12.3. The van der Waals surface area contributed by atoms with E-state index in [2.05, 4.69) is 0 Å². The molecule has 6 nitrogen and oxygen atoms in total. The molecular weight excluding hydrogens is 459 g/mol. The molecule has 4 atom stereocenters. The average Bonchev–Trinajstić information content (AvgIpc) is 3.08. The number of aliphatic hydroxyl groups excluding tert-OH is 1. The third-order valence-corrected chi connectivity index (χ3v) is 7.86. The van der Waals surface area contributed by atoms with Crippen molar-refractivity contribution in [3.05, 3.63) is 58.5 Å². The lowest BCUT2D eigenvalue weighted by molar-refractivity contribution is -0.141. The topological polar surface area (TPSA) is 65.8 Å². The second-order valence-corrected chi connectivity index (χ2v) is 9.83. The summed E-state index contributed by atoms with van der Waals surface area (Å²) in [5, 5.41) is 10.4. The van der Waals surface area contributed by atoms with E-state index in [1.54, 1.807) is 26.5 Å². The zero-order chi connectivity index (χ0) is 24.7. The zero-order valence-electron chi connectivity index (χ0n) is 19.5. The molecule has 2 saturated heterocycles. The summed E-state index contributed by atoms with van der Waals surface area (Å²) < 4.78 is 41.2. The number of carbonyl (C=O) groups excluding carboxylic acids is 1. The second-order valence-electron chi connectivity index (χ2n) is 9.83. The molecule has 0 saturated carbocycles. The predicted molar refractivity (Wildman–Crippen MR) is 125 cm³/mol. The summed E-state index contributed by atoms with van der Waals surface area (Å²) >= 11 is 0. The molecular formula is C26H30F3N3O3. The number of fused-ring (bicyclic) bond motifs is 4. The quantitative estimate of drug-likeness (QED) is 0.699. The van der Waals surface area contributed by atoms with Gasteiger partial charge in [0.05, 0.1) is 18.4 Å². The van der Waals surface area contributed by atoms with Gasteiger partial charge in [-0.15, -0.1) is 0 Å². The molecule has 0 aliphatic carbocycles. The van der Waals surface area contributed by atoms with Gasteiger partial charge in [-0.05, 0) is 37.0 Å². The Morgan fingerprint density at radius 3 is 2.40 bits per heavy atom. The standard InChI is InChI=1S/C26H30F3N3O3/c27-26(28,29)11-14-31-21-15-32-20(10-9-18(24(32)34)17-7-3-1-4-8-17)23(31)22(19(21)16-33)25(35)30-12-5-2-6-13-30/h1,3-4,7-10,19,21-23,33H,2,5-6,11-16H2/t19-,21-,22+,23+/m1/s1. The molecule has 0 spiro atoms. The lowest BCUT2D eigenvalue weighted by Crippen LogP contribution is -2.47. The van der Waals surface area contributed by atoms with E-state index in [1.165, 1.54) is 0 Å². The molecule has 4 heterocycles. The molecule has 1 amide bonds. The monoisotopic (exact) mass is 489 g/mol. The highest BCUT2D eigenvalue weighted by Gasteiger charge is 2.56. The molecule has 9 heteroatoms. The number of likely N-dealkylation sites (tertiary alicyclic amines) is 1. The van der Waals surface area contributed by atoms with Gasteiger partial charge in [0.15, 0.2) is 0 Å². The van der Waals surface area contributed by atoms with Gasteiger partial charge in [0.1, 0.15) is 0 Å². The van der Waals surface area contributed by atoms with Crippen LogP contribution in [0.25, 0.3) is 11.1 Å². The van der Waals surface area contributed by atoms with E-state index in [-0.39, 0.29) is 31.2 Å². The predicted octanol–water partition coefficient (Wildman–Crippen LogP) is 3.44. The Bertz CT molecular complexity index is 1130. The van der Waals surface area contributed by atoms with Gasteiger partial charge in [-0.2, -0.15) is 13.2 Å². The molecule has 0 radical (unpaired) electrons. The number of aromatic nitrogens is 1. The van der Waals surface area contributed by atoms with Crippen molar-refractivity contribution in [2.45, 2.75) is 50.5 Å². The fourth-order valence-corrected chi connectivity index (χ4v) is 6.23. The van der Waals surface area contributed by atoms with Crippen LogP contribution in [0.3, 0.4) is 0 Å². The first-order valence-electron chi connectivity index (χ1n) is 12.3. The Morgan fingerprint density at radius 1 is 1.03 bits per heavy atom. The van der Waals surface area contributed by atoms with Crippen LogP contribution >= 0.6 is 0 Å². The highest BCUT2D eigenvalue weighted by molar-refractivity contribution is 5.81. The van der Waals surface area contributed by atoms with Crippen LogP contribution in [0.4, 0.5) is 13.2 Å². The molecule has 3 aliphatic heterocycles. The highest BCUT2D eigenvalue weighted by atomic mass is 19.4. The average molecular weight is 490 g/mol. The van der Waals surface area contributed by atoms with Crippen LogP contribution in [0, 0.1) is 11.8 Å².